The van der Waals surface area contributed by atoms with Crippen molar-refractivity contribution in [2.45, 2.75) is 6.92 Å². The number of aryl methyl sites for hydroxylation is 1. The summed E-state index contributed by atoms with van der Waals surface area (Å²) < 4.78 is 5.22. The maximum Gasteiger partial charge on any atom is 0.257 e. The van der Waals surface area contributed by atoms with Crippen molar-refractivity contribution in [3.8, 4) is 5.75 Å². The number of pyridine rings is 1. The normalized spacial score (nSPS) is 10.2. The van der Waals surface area contributed by atoms with Crippen LogP contribution in [-0.4, -0.2) is 23.9 Å². The van der Waals surface area contributed by atoms with Crippen molar-refractivity contribution < 1.29 is 14.3 Å². The molecule has 0 saturated heterocycles. The SMILES string of the molecule is COc1ccc(Cl)cc1NC(=O)c1cncc(C(=O)Nc2ccc(C)cc2)c1. The zero-order valence-corrected chi connectivity index (χ0v) is 16.1. The molecule has 0 fully saturated rings. The Kier molecular flexibility index (Phi) is 5.91. The molecule has 0 bridgehead atoms. The minimum atomic E-state index is -0.432. The van der Waals surface area contributed by atoms with Gasteiger partial charge in [-0.25, -0.2) is 0 Å². The van der Waals surface area contributed by atoms with E-state index >= 15 is 0 Å². The number of halogens is 1. The van der Waals surface area contributed by atoms with Crippen LogP contribution in [0.3, 0.4) is 0 Å². The molecule has 7 heteroatoms. The molecule has 1 aromatic heterocycles. The Morgan fingerprint density at radius 3 is 2.21 bits per heavy atom. The Hall–Kier alpha value is -3.38. The fourth-order valence-electron chi connectivity index (χ4n) is 2.50. The number of ether oxygens (including phenoxy) is 1. The summed E-state index contributed by atoms with van der Waals surface area (Å²) in [7, 11) is 1.50. The number of anilines is 2. The summed E-state index contributed by atoms with van der Waals surface area (Å²) in [6, 6.07) is 13.8. The van der Waals surface area contributed by atoms with Gasteiger partial charge in [0.1, 0.15) is 5.75 Å². The predicted octanol–water partition coefficient (Wildman–Crippen LogP) is 4.56. The molecular weight excluding hydrogens is 378 g/mol. The van der Waals surface area contributed by atoms with Crippen molar-refractivity contribution in [2.75, 3.05) is 17.7 Å². The summed E-state index contributed by atoms with van der Waals surface area (Å²) in [6.07, 6.45) is 2.79. The second kappa shape index (κ2) is 8.54. The molecule has 0 radical (unpaired) electrons. The van der Waals surface area contributed by atoms with Gasteiger partial charge < -0.3 is 15.4 Å². The third-order valence-corrected chi connectivity index (χ3v) is 4.22. The van der Waals surface area contributed by atoms with E-state index in [9.17, 15) is 9.59 Å². The van der Waals surface area contributed by atoms with E-state index in [0.29, 0.717) is 22.1 Å². The van der Waals surface area contributed by atoms with Gasteiger partial charge in [0.25, 0.3) is 11.8 Å². The highest BCUT2D eigenvalue weighted by molar-refractivity contribution is 6.31. The van der Waals surface area contributed by atoms with Gasteiger partial charge in [0.15, 0.2) is 0 Å². The van der Waals surface area contributed by atoms with Gasteiger partial charge in [-0.05, 0) is 43.3 Å². The smallest absolute Gasteiger partial charge is 0.257 e. The summed E-state index contributed by atoms with van der Waals surface area (Å²) in [5.74, 6) is -0.316. The van der Waals surface area contributed by atoms with Crippen LogP contribution >= 0.6 is 11.6 Å². The quantitative estimate of drug-likeness (QED) is 0.663. The molecule has 2 aromatic carbocycles. The molecule has 3 aromatic rings. The lowest BCUT2D eigenvalue weighted by Crippen LogP contribution is -2.16. The van der Waals surface area contributed by atoms with Gasteiger partial charge >= 0.3 is 0 Å². The maximum absolute atomic E-state index is 12.6. The Bertz CT molecular complexity index is 1020. The highest BCUT2D eigenvalue weighted by Crippen LogP contribution is 2.28. The molecule has 0 atom stereocenters. The van der Waals surface area contributed by atoms with E-state index in [-0.39, 0.29) is 17.0 Å². The lowest BCUT2D eigenvalue weighted by Gasteiger charge is -2.11. The largest absolute Gasteiger partial charge is 0.495 e. The second-order valence-corrected chi connectivity index (χ2v) is 6.52. The standard InChI is InChI=1S/C21H18ClN3O3/c1-13-3-6-17(7-4-13)24-20(26)14-9-15(12-23-11-14)21(27)25-18-10-16(22)5-8-19(18)28-2/h3-12H,1-2H3,(H,24,26)(H,25,27). The third-order valence-electron chi connectivity index (χ3n) is 3.98. The molecular formula is C21H18ClN3O3. The van der Waals surface area contributed by atoms with Crippen LogP contribution in [0, 0.1) is 6.92 Å². The van der Waals surface area contributed by atoms with E-state index in [4.69, 9.17) is 16.3 Å². The van der Waals surface area contributed by atoms with Gasteiger partial charge in [-0.15, -0.1) is 0 Å². The number of benzene rings is 2. The number of nitrogens with zero attached hydrogens (tertiary/aromatic N) is 1. The number of carbonyl (C=O) groups is 2. The van der Waals surface area contributed by atoms with Crippen molar-refractivity contribution in [1.29, 1.82) is 0 Å². The summed E-state index contributed by atoms with van der Waals surface area (Å²) >= 11 is 5.98. The van der Waals surface area contributed by atoms with Gasteiger partial charge in [0.05, 0.1) is 23.9 Å². The molecule has 0 spiro atoms. The van der Waals surface area contributed by atoms with Crippen LogP contribution in [0.5, 0.6) is 5.75 Å². The molecule has 28 heavy (non-hydrogen) atoms. The monoisotopic (exact) mass is 395 g/mol. The Morgan fingerprint density at radius 1 is 0.929 bits per heavy atom. The number of amides is 2. The molecule has 0 saturated carbocycles. The molecule has 2 N–H and O–H groups in total. The second-order valence-electron chi connectivity index (χ2n) is 6.08. The van der Waals surface area contributed by atoms with Gasteiger partial charge in [-0.1, -0.05) is 29.3 Å². The average molecular weight is 396 g/mol. The third kappa shape index (κ3) is 4.66. The number of methoxy groups -OCH3 is 1. The highest BCUT2D eigenvalue weighted by Gasteiger charge is 2.14. The number of carbonyl (C=O) groups excluding carboxylic acids is 2. The molecule has 3 rings (SSSR count). The summed E-state index contributed by atoms with van der Waals surface area (Å²) in [5.41, 5.74) is 2.68. The molecule has 0 aliphatic carbocycles. The van der Waals surface area contributed by atoms with Crippen molar-refractivity contribution in [3.05, 3.63) is 82.6 Å². The van der Waals surface area contributed by atoms with Gasteiger partial charge in [-0.2, -0.15) is 0 Å². The van der Waals surface area contributed by atoms with Crippen LogP contribution in [0.2, 0.25) is 5.02 Å². The summed E-state index contributed by atoms with van der Waals surface area (Å²) in [5, 5.41) is 5.96. The van der Waals surface area contributed by atoms with Gasteiger partial charge in [-0.3, -0.25) is 14.6 Å². The molecule has 0 unspecified atom stereocenters. The molecule has 142 valence electrons. The van der Waals surface area contributed by atoms with Crippen LogP contribution in [0.4, 0.5) is 11.4 Å². The van der Waals surface area contributed by atoms with E-state index in [0.717, 1.165) is 5.56 Å². The Labute approximate surface area is 167 Å². The molecule has 1 heterocycles. The molecule has 2 amide bonds. The van der Waals surface area contributed by atoms with Crippen LogP contribution in [0.1, 0.15) is 26.3 Å². The van der Waals surface area contributed by atoms with E-state index in [1.807, 2.05) is 31.2 Å². The van der Waals surface area contributed by atoms with Crippen LogP contribution in [0.15, 0.2) is 60.9 Å². The number of rotatable bonds is 5. The fourth-order valence-corrected chi connectivity index (χ4v) is 2.67. The Morgan fingerprint density at radius 2 is 1.57 bits per heavy atom. The number of aromatic nitrogens is 1. The molecule has 0 aliphatic rings. The molecule has 0 aliphatic heterocycles. The average Bonchev–Trinajstić information content (AvgIpc) is 2.70. The predicted molar refractivity (Wildman–Crippen MR) is 109 cm³/mol. The number of hydrogen-bond donors (Lipinski definition) is 2. The number of hydrogen-bond acceptors (Lipinski definition) is 4. The van der Waals surface area contributed by atoms with Crippen LogP contribution < -0.4 is 15.4 Å². The van der Waals surface area contributed by atoms with Gasteiger partial charge in [0.2, 0.25) is 0 Å². The van der Waals surface area contributed by atoms with E-state index in [1.54, 1.807) is 18.2 Å². The first-order valence-electron chi connectivity index (χ1n) is 8.44. The van der Waals surface area contributed by atoms with E-state index in [1.165, 1.54) is 25.6 Å². The summed E-state index contributed by atoms with van der Waals surface area (Å²) in [4.78, 5) is 29.0. The molecule has 6 nitrogen and oxygen atoms in total. The summed E-state index contributed by atoms with van der Waals surface area (Å²) in [6.45, 7) is 1.96. The topological polar surface area (TPSA) is 80.3 Å². The van der Waals surface area contributed by atoms with Crippen molar-refractivity contribution in [3.63, 3.8) is 0 Å². The van der Waals surface area contributed by atoms with Crippen molar-refractivity contribution >= 4 is 34.8 Å². The zero-order chi connectivity index (χ0) is 20.1. The first kappa shape index (κ1) is 19.4. The lowest BCUT2D eigenvalue weighted by atomic mass is 10.1. The van der Waals surface area contributed by atoms with Crippen LogP contribution in [-0.2, 0) is 0 Å². The van der Waals surface area contributed by atoms with E-state index in [2.05, 4.69) is 15.6 Å². The highest BCUT2D eigenvalue weighted by atomic mass is 35.5. The van der Waals surface area contributed by atoms with Gasteiger partial charge in [0, 0.05) is 23.1 Å². The first-order valence-corrected chi connectivity index (χ1v) is 8.82. The first-order chi connectivity index (χ1) is 13.5. The van der Waals surface area contributed by atoms with Crippen molar-refractivity contribution in [1.82, 2.24) is 4.98 Å². The number of nitrogens with one attached hydrogen (secondary N) is 2. The van der Waals surface area contributed by atoms with Crippen molar-refractivity contribution in [2.24, 2.45) is 0 Å². The Balaban J connectivity index is 1.77. The van der Waals surface area contributed by atoms with Crippen LogP contribution in [0.25, 0.3) is 0 Å². The minimum absolute atomic E-state index is 0.235. The van der Waals surface area contributed by atoms with E-state index < -0.39 is 5.91 Å². The maximum atomic E-state index is 12.6. The lowest BCUT2D eigenvalue weighted by molar-refractivity contribution is 0.102. The minimum Gasteiger partial charge on any atom is -0.495 e. The fraction of sp³-hybridized carbons (Fsp3) is 0.0952. The zero-order valence-electron chi connectivity index (χ0n) is 15.3.